The van der Waals surface area contributed by atoms with Gasteiger partial charge in [-0.25, -0.2) is 0 Å². The number of aliphatic hydroxyl groups is 1. The molecule has 0 aromatic heterocycles. The van der Waals surface area contributed by atoms with E-state index in [2.05, 4.69) is 0 Å². The summed E-state index contributed by atoms with van der Waals surface area (Å²) >= 11 is 0. The zero-order chi connectivity index (χ0) is 7.65. The van der Waals surface area contributed by atoms with E-state index in [9.17, 15) is 4.57 Å². The number of hydrogen-bond acceptors (Lipinski definition) is 3. The summed E-state index contributed by atoms with van der Waals surface area (Å²) in [5, 5.41) is 8.54. The third kappa shape index (κ3) is 2.93. The molecule has 0 aliphatic rings. The molecule has 0 amide bonds. The molecule has 0 rings (SSSR count). The summed E-state index contributed by atoms with van der Waals surface area (Å²) in [6, 6.07) is 0. The van der Waals surface area contributed by atoms with Crippen LogP contribution >= 0.6 is 7.60 Å². The van der Waals surface area contributed by atoms with Gasteiger partial charge in [-0.2, -0.15) is 0 Å². The first kappa shape index (κ1) is 9.07. The molecule has 0 unspecified atom stereocenters. The van der Waals surface area contributed by atoms with Crippen LogP contribution in [0, 0.1) is 0 Å². The minimum Gasteiger partial charge on any atom is -0.391 e. The first-order valence-electron chi connectivity index (χ1n) is 2.34. The van der Waals surface area contributed by atoms with E-state index in [4.69, 9.17) is 20.6 Å². The fraction of sp³-hybridized carbons (Fsp3) is 1.00. The van der Waals surface area contributed by atoms with E-state index >= 15 is 0 Å². The lowest BCUT2D eigenvalue weighted by Gasteiger charge is -2.14. The van der Waals surface area contributed by atoms with Gasteiger partial charge in [-0.05, 0) is 6.92 Å². The summed E-state index contributed by atoms with van der Waals surface area (Å²) in [5.41, 5.74) is 4.88. The molecule has 56 valence electrons. The lowest BCUT2D eigenvalue weighted by molar-refractivity contribution is 0.176. The van der Waals surface area contributed by atoms with Crippen LogP contribution in [-0.2, 0) is 4.57 Å². The molecule has 0 saturated heterocycles. The van der Waals surface area contributed by atoms with E-state index in [0.717, 1.165) is 0 Å². The lowest BCUT2D eigenvalue weighted by atomic mass is 10.4. The monoisotopic (exact) mass is 155 g/mol. The largest absolute Gasteiger partial charge is 0.391 e. The van der Waals surface area contributed by atoms with Crippen LogP contribution in [0.4, 0.5) is 0 Å². The van der Waals surface area contributed by atoms with E-state index in [0.29, 0.717) is 0 Å². The standard InChI is InChI=1S/C3H10NO4P/c1-2(5)3(4)9(6,7)8/h2-3,5H,4H2,1H3,(H2,6,7,8)/t2-,3+/m1/s1. The highest BCUT2D eigenvalue weighted by Gasteiger charge is 2.28. The van der Waals surface area contributed by atoms with Crippen LogP contribution in [0.3, 0.4) is 0 Å². The van der Waals surface area contributed by atoms with Crippen LogP contribution < -0.4 is 5.73 Å². The highest BCUT2D eigenvalue weighted by molar-refractivity contribution is 7.52. The molecule has 0 aromatic carbocycles. The van der Waals surface area contributed by atoms with Gasteiger partial charge in [0.1, 0.15) is 5.78 Å². The maximum atomic E-state index is 10.2. The average Bonchev–Trinajstić information content (AvgIpc) is 1.62. The minimum absolute atomic E-state index is 1.18. The molecule has 0 aliphatic heterocycles. The van der Waals surface area contributed by atoms with Crippen LogP contribution in [0.15, 0.2) is 0 Å². The topological polar surface area (TPSA) is 104 Å². The molecule has 9 heavy (non-hydrogen) atoms. The Balaban J connectivity index is 4.05. The van der Waals surface area contributed by atoms with Crippen LogP contribution in [0.2, 0.25) is 0 Å². The summed E-state index contributed by atoms with van der Waals surface area (Å²) < 4.78 is 10.2. The summed E-state index contributed by atoms with van der Waals surface area (Å²) in [5.74, 6) is -1.46. The van der Waals surface area contributed by atoms with Crippen molar-refractivity contribution in [3.63, 3.8) is 0 Å². The average molecular weight is 155 g/mol. The van der Waals surface area contributed by atoms with Gasteiger partial charge in [0, 0.05) is 0 Å². The molecule has 0 spiro atoms. The zero-order valence-corrected chi connectivity index (χ0v) is 5.82. The van der Waals surface area contributed by atoms with Gasteiger partial charge in [-0.3, -0.25) is 4.57 Å². The van der Waals surface area contributed by atoms with Gasteiger partial charge < -0.3 is 20.6 Å². The van der Waals surface area contributed by atoms with Crippen molar-refractivity contribution in [2.24, 2.45) is 5.73 Å². The highest BCUT2D eigenvalue weighted by Crippen LogP contribution is 2.39. The third-order valence-corrected chi connectivity index (χ3v) is 2.09. The normalized spacial score (nSPS) is 19.2. The Bertz CT molecular complexity index is 130. The molecule has 0 saturated carbocycles. The van der Waals surface area contributed by atoms with Crippen molar-refractivity contribution in [2.75, 3.05) is 0 Å². The first-order valence-corrected chi connectivity index (χ1v) is 4.02. The predicted octanol–water partition coefficient (Wildman–Crippen LogP) is -1.17. The first-order chi connectivity index (χ1) is 3.85. The van der Waals surface area contributed by atoms with E-state index < -0.39 is 19.5 Å². The fourth-order valence-corrected chi connectivity index (χ4v) is 0.843. The number of rotatable bonds is 2. The van der Waals surface area contributed by atoms with E-state index in [1.54, 1.807) is 0 Å². The molecule has 2 atom stereocenters. The Kier molecular flexibility index (Phi) is 2.79. The molecule has 0 bridgehead atoms. The fourth-order valence-electron chi connectivity index (χ4n) is 0.281. The number of nitrogens with two attached hydrogens (primary N) is 1. The van der Waals surface area contributed by atoms with Crippen LogP contribution in [0.1, 0.15) is 6.92 Å². The highest BCUT2D eigenvalue weighted by atomic mass is 31.2. The maximum absolute atomic E-state index is 10.2. The van der Waals surface area contributed by atoms with E-state index in [-0.39, 0.29) is 0 Å². The molecule has 6 heteroatoms. The van der Waals surface area contributed by atoms with Gasteiger partial charge in [-0.1, -0.05) is 0 Å². The summed E-state index contributed by atoms with van der Waals surface area (Å²) in [4.78, 5) is 16.6. The van der Waals surface area contributed by atoms with Gasteiger partial charge >= 0.3 is 7.60 Å². The third-order valence-electron chi connectivity index (χ3n) is 0.883. The van der Waals surface area contributed by atoms with Crippen LogP contribution in [0.25, 0.3) is 0 Å². The molecule has 0 aromatic rings. The van der Waals surface area contributed by atoms with Gasteiger partial charge in [0.05, 0.1) is 6.10 Å². The van der Waals surface area contributed by atoms with Crippen molar-refractivity contribution in [3.05, 3.63) is 0 Å². The molecule has 0 fully saturated rings. The van der Waals surface area contributed by atoms with Crippen LogP contribution in [0.5, 0.6) is 0 Å². The van der Waals surface area contributed by atoms with E-state index in [1.807, 2.05) is 0 Å². The Morgan fingerprint density at radius 2 is 1.89 bits per heavy atom. The molecule has 5 N–H and O–H groups in total. The molecule has 0 heterocycles. The molecule has 0 aliphatic carbocycles. The minimum atomic E-state index is -4.29. The van der Waals surface area contributed by atoms with Gasteiger partial charge in [0.15, 0.2) is 0 Å². The van der Waals surface area contributed by atoms with Crippen molar-refractivity contribution in [2.45, 2.75) is 18.8 Å². The van der Waals surface area contributed by atoms with Crippen molar-refractivity contribution in [1.29, 1.82) is 0 Å². The summed E-state index contributed by atoms with van der Waals surface area (Å²) in [6.45, 7) is 1.23. The van der Waals surface area contributed by atoms with Crippen molar-refractivity contribution in [3.8, 4) is 0 Å². The number of aliphatic hydroxyl groups excluding tert-OH is 1. The summed E-state index contributed by atoms with van der Waals surface area (Å²) in [7, 11) is -4.29. The maximum Gasteiger partial charge on any atom is 0.344 e. The quantitative estimate of drug-likeness (QED) is 0.376. The molecule has 0 radical (unpaired) electrons. The molecular formula is C3H10NO4P. The van der Waals surface area contributed by atoms with Crippen LogP contribution in [-0.4, -0.2) is 26.8 Å². The second kappa shape index (κ2) is 2.77. The van der Waals surface area contributed by atoms with Gasteiger partial charge in [-0.15, -0.1) is 0 Å². The second-order valence-corrected chi connectivity index (χ2v) is 3.59. The zero-order valence-electron chi connectivity index (χ0n) is 4.93. The van der Waals surface area contributed by atoms with Crippen molar-refractivity contribution < 1.29 is 19.5 Å². The van der Waals surface area contributed by atoms with Crippen molar-refractivity contribution >= 4 is 7.60 Å². The summed E-state index contributed by atoms with van der Waals surface area (Å²) in [6.07, 6.45) is -1.18. The van der Waals surface area contributed by atoms with E-state index in [1.165, 1.54) is 6.92 Å². The Morgan fingerprint density at radius 3 is 1.89 bits per heavy atom. The Morgan fingerprint density at radius 1 is 1.56 bits per heavy atom. The van der Waals surface area contributed by atoms with Gasteiger partial charge in [0.25, 0.3) is 0 Å². The molecular weight excluding hydrogens is 145 g/mol. The predicted molar refractivity (Wildman–Crippen MR) is 31.7 cm³/mol. The Hall–Kier alpha value is 0.0700. The van der Waals surface area contributed by atoms with Crippen molar-refractivity contribution in [1.82, 2.24) is 0 Å². The second-order valence-electron chi connectivity index (χ2n) is 1.82. The van der Waals surface area contributed by atoms with Gasteiger partial charge in [0.2, 0.25) is 0 Å². The lowest BCUT2D eigenvalue weighted by Crippen LogP contribution is -2.31. The smallest absolute Gasteiger partial charge is 0.344 e. The SMILES string of the molecule is C[C@@H](O)[C@@H](N)P(=O)(O)O. The number of hydrogen-bond donors (Lipinski definition) is 4. The molecule has 5 nitrogen and oxygen atoms in total. The Labute approximate surface area is 52.7 Å².